The molecular weight excluding hydrogens is 310 g/mol. The highest BCUT2D eigenvalue weighted by Crippen LogP contribution is 2.22. The van der Waals surface area contributed by atoms with Crippen molar-refractivity contribution in [1.29, 1.82) is 0 Å². The van der Waals surface area contributed by atoms with Gasteiger partial charge in [0.2, 0.25) is 0 Å². The summed E-state index contributed by atoms with van der Waals surface area (Å²) in [6, 6.07) is 3.44. The van der Waals surface area contributed by atoms with Gasteiger partial charge in [0.1, 0.15) is 0 Å². The highest BCUT2D eigenvalue weighted by Gasteiger charge is 2.30. The first kappa shape index (κ1) is 16.5. The highest BCUT2D eigenvalue weighted by atomic mass is 32.1. The summed E-state index contributed by atoms with van der Waals surface area (Å²) in [6.07, 6.45) is 2.76. The van der Waals surface area contributed by atoms with E-state index in [0.717, 1.165) is 5.56 Å². The number of aromatic nitrogens is 1. The number of nitrogens with zero attached hydrogens (tertiary/aromatic N) is 1. The fourth-order valence-electron chi connectivity index (χ4n) is 1.91. The van der Waals surface area contributed by atoms with Crippen molar-refractivity contribution in [3.63, 3.8) is 0 Å². The average molecular weight is 326 g/mol. The lowest BCUT2D eigenvalue weighted by atomic mass is 10.2. The number of esters is 2. The maximum atomic E-state index is 11.9. The lowest BCUT2D eigenvalue weighted by Crippen LogP contribution is -2.38. The summed E-state index contributed by atoms with van der Waals surface area (Å²) in [4.78, 5) is 23.4. The van der Waals surface area contributed by atoms with E-state index in [1.807, 2.05) is 0 Å². The molecule has 1 aliphatic heterocycles. The number of pyridine rings is 1. The Bertz CT molecular complexity index is 592. The Morgan fingerprint density at radius 2 is 1.68 bits per heavy atom. The maximum Gasteiger partial charge on any atom is 0.405 e. The van der Waals surface area contributed by atoms with E-state index in [1.54, 1.807) is 24.5 Å². The van der Waals surface area contributed by atoms with Gasteiger partial charge >= 0.3 is 17.6 Å². The Morgan fingerprint density at radius 3 is 2.18 bits per heavy atom. The van der Waals surface area contributed by atoms with Crippen LogP contribution in [0.2, 0.25) is 0 Å². The van der Waals surface area contributed by atoms with E-state index in [9.17, 15) is 9.59 Å². The first-order valence-electron chi connectivity index (χ1n) is 6.43. The van der Waals surface area contributed by atoms with Crippen LogP contribution in [0.25, 0.3) is 5.70 Å². The van der Waals surface area contributed by atoms with Gasteiger partial charge in [0.15, 0.2) is 23.6 Å². The summed E-state index contributed by atoms with van der Waals surface area (Å²) in [5.74, 6) is -1.44. The van der Waals surface area contributed by atoms with Gasteiger partial charge in [-0.25, -0.2) is 9.59 Å². The standard InChI is InChI=1S/C14H15NO6S/c1-18-12(16)10(11(22)13(17)19-2)15-5-3-9(4-6-15)14-20-7-8-21-14/h3-6,14H,7-8H2,1-2H3/p+1. The third-order valence-corrected chi connectivity index (χ3v) is 3.38. The van der Waals surface area contributed by atoms with E-state index in [1.165, 1.54) is 18.8 Å². The number of carbonyl (C=O) groups is 2. The van der Waals surface area contributed by atoms with Crippen molar-refractivity contribution in [1.82, 2.24) is 0 Å². The van der Waals surface area contributed by atoms with Crippen LogP contribution in [0, 0.1) is 0 Å². The molecule has 2 heterocycles. The number of carbonyl (C=O) groups excluding carboxylic acids is 2. The summed E-state index contributed by atoms with van der Waals surface area (Å²) in [7, 11) is 2.42. The van der Waals surface area contributed by atoms with E-state index in [-0.39, 0.29) is 10.6 Å². The van der Waals surface area contributed by atoms with Gasteiger partial charge in [-0.15, -0.1) is 12.6 Å². The molecule has 8 heteroatoms. The highest BCUT2D eigenvalue weighted by molar-refractivity contribution is 7.85. The molecule has 1 aromatic heterocycles. The molecule has 0 radical (unpaired) electrons. The Morgan fingerprint density at radius 1 is 1.14 bits per heavy atom. The summed E-state index contributed by atoms with van der Waals surface area (Å²) in [6.45, 7) is 1.08. The number of methoxy groups -OCH3 is 2. The van der Waals surface area contributed by atoms with Gasteiger partial charge in [0, 0.05) is 17.7 Å². The largest absolute Gasteiger partial charge is 0.465 e. The second-order valence-electron chi connectivity index (χ2n) is 4.29. The van der Waals surface area contributed by atoms with Crippen molar-refractivity contribution in [2.45, 2.75) is 6.29 Å². The van der Waals surface area contributed by atoms with E-state index >= 15 is 0 Å². The quantitative estimate of drug-likeness (QED) is 0.375. The molecule has 0 spiro atoms. The molecule has 7 nitrogen and oxygen atoms in total. The summed E-state index contributed by atoms with van der Waals surface area (Å²) < 4.78 is 21.5. The monoisotopic (exact) mass is 326 g/mol. The second kappa shape index (κ2) is 7.39. The Balaban J connectivity index is 2.36. The van der Waals surface area contributed by atoms with Crippen molar-refractivity contribution in [3.05, 3.63) is 35.0 Å². The van der Waals surface area contributed by atoms with E-state index in [2.05, 4.69) is 22.1 Å². The topological polar surface area (TPSA) is 74.9 Å². The predicted molar refractivity (Wildman–Crippen MR) is 77.5 cm³/mol. The minimum Gasteiger partial charge on any atom is -0.465 e. The number of ether oxygens (including phenoxy) is 4. The second-order valence-corrected chi connectivity index (χ2v) is 4.74. The summed E-state index contributed by atoms with van der Waals surface area (Å²) in [5, 5.41) is 0. The van der Waals surface area contributed by atoms with Crippen LogP contribution < -0.4 is 4.57 Å². The van der Waals surface area contributed by atoms with Crippen molar-refractivity contribution < 1.29 is 33.1 Å². The molecule has 1 saturated heterocycles. The average Bonchev–Trinajstić information content (AvgIpc) is 3.09. The van der Waals surface area contributed by atoms with Gasteiger partial charge < -0.3 is 18.9 Å². The molecule has 0 aliphatic carbocycles. The molecule has 0 atom stereocenters. The normalized spacial score (nSPS) is 16.1. The van der Waals surface area contributed by atoms with E-state index in [4.69, 9.17) is 9.47 Å². The van der Waals surface area contributed by atoms with Crippen LogP contribution in [-0.2, 0) is 28.5 Å². The van der Waals surface area contributed by atoms with Gasteiger partial charge in [-0.2, -0.15) is 4.57 Å². The predicted octanol–water partition coefficient (Wildman–Crippen LogP) is 0.464. The van der Waals surface area contributed by atoms with Crippen LogP contribution in [0.4, 0.5) is 0 Å². The van der Waals surface area contributed by atoms with Crippen LogP contribution in [0.3, 0.4) is 0 Å². The van der Waals surface area contributed by atoms with Crippen molar-refractivity contribution in [3.8, 4) is 0 Å². The van der Waals surface area contributed by atoms with Crippen molar-refractivity contribution >= 4 is 30.3 Å². The van der Waals surface area contributed by atoms with Crippen molar-refractivity contribution in [2.75, 3.05) is 27.4 Å². The van der Waals surface area contributed by atoms with Crippen LogP contribution in [0.5, 0.6) is 0 Å². The molecule has 0 amide bonds. The molecule has 1 aromatic rings. The molecule has 0 aromatic carbocycles. The third-order valence-electron chi connectivity index (χ3n) is 2.99. The number of thiol groups is 1. The lowest BCUT2D eigenvalue weighted by molar-refractivity contribution is -0.578. The SMILES string of the molecule is COC(=O)C(S)=C(C(=O)OC)[n+]1ccc(C2OCCO2)cc1. The molecule has 0 N–H and O–H groups in total. The number of rotatable bonds is 4. The Kier molecular flexibility index (Phi) is 5.53. The molecular formula is C14H16NO6S+. The van der Waals surface area contributed by atoms with Crippen molar-refractivity contribution in [2.24, 2.45) is 0 Å². The molecule has 22 heavy (non-hydrogen) atoms. The molecule has 1 fully saturated rings. The van der Waals surface area contributed by atoms with Gasteiger partial charge in [0.05, 0.1) is 27.4 Å². The van der Waals surface area contributed by atoms with E-state index < -0.39 is 18.2 Å². The van der Waals surface area contributed by atoms with Gasteiger partial charge in [-0.3, -0.25) is 0 Å². The fraction of sp³-hybridized carbons (Fsp3) is 0.357. The molecule has 2 rings (SSSR count). The van der Waals surface area contributed by atoms with Crippen LogP contribution in [0.15, 0.2) is 29.4 Å². The molecule has 0 bridgehead atoms. The number of hydrogen-bond donors (Lipinski definition) is 1. The zero-order chi connectivity index (χ0) is 16.1. The van der Waals surface area contributed by atoms with Gasteiger partial charge in [-0.05, 0) is 0 Å². The smallest absolute Gasteiger partial charge is 0.405 e. The summed E-state index contributed by atoms with van der Waals surface area (Å²) >= 11 is 4.05. The summed E-state index contributed by atoms with van der Waals surface area (Å²) in [5.41, 5.74) is 0.759. The molecule has 0 unspecified atom stereocenters. The third kappa shape index (κ3) is 3.46. The maximum absolute atomic E-state index is 11.9. The molecule has 0 saturated carbocycles. The zero-order valence-electron chi connectivity index (χ0n) is 12.1. The Labute approximate surface area is 132 Å². The number of hydrogen-bond acceptors (Lipinski definition) is 7. The van der Waals surface area contributed by atoms with E-state index in [0.29, 0.717) is 13.2 Å². The molecule has 118 valence electrons. The van der Waals surface area contributed by atoms with Crippen LogP contribution >= 0.6 is 12.6 Å². The Hall–Kier alpha value is -1.90. The lowest BCUT2D eigenvalue weighted by Gasteiger charge is -2.08. The first-order valence-corrected chi connectivity index (χ1v) is 6.88. The van der Waals surface area contributed by atoms with Crippen LogP contribution in [-0.4, -0.2) is 39.4 Å². The van der Waals surface area contributed by atoms with Gasteiger partial charge in [0.25, 0.3) is 0 Å². The fourth-order valence-corrected chi connectivity index (χ4v) is 2.21. The minimum absolute atomic E-state index is 0.0440. The van der Waals surface area contributed by atoms with Gasteiger partial charge in [-0.1, -0.05) is 0 Å². The van der Waals surface area contributed by atoms with Crippen LogP contribution in [0.1, 0.15) is 11.9 Å². The minimum atomic E-state index is -0.734. The first-order chi connectivity index (χ1) is 10.6. The zero-order valence-corrected chi connectivity index (χ0v) is 13.0. The molecule has 1 aliphatic rings.